The lowest BCUT2D eigenvalue weighted by Crippen LogP contribution is -2.26. The van der Waals surface area contributed by atoms with E-state index in [0.29, 0.717) is 9.90 Å². The maximum absolute atomic E-state index is 12.3. The highest BCUT2D eigenvalue weighted by Gasteiger charge is 2.14. The summed E-state index contributed by atoms with van der Waals surface area (Å²) < 4.78 is 27.5. The van der Waals surface area contributed by atoms with Crippen molar-refractivity contribution in [1.82, 2.24) is 5.32 Å². The highest BCUT2D eigenvalue weighted by atomic mass is 32.2. The largest absolute Gasteiger partial charge is 0.354 e. The fraction of sp³-hybridized carbons (Fsp3) is 0.150. The highest BCUT2D eigenvalue weighted by Crippen LogP contribution is 2.21. The molecule has 0 saturated carbocycles. The van der Waals surface area contributed by atoms with Crippen molar-refractivity contribution < 1.29 is 8.42 Å². The van der Waals surface area contributed by atoms with Crippen LogP contribution in [0.1, 0.15) is 11.1 Å². The predicted molar refractivity (Wildman–Crippen MR) is 115 cm³/mol. The molecule has 3 aromatic rings. The molecule has 6 nitrogen and oxygen atoms in total. The summed E-state index contributed by atoms with van der Waals surface area (Å²) in [7, 11) is -3.51. The first-order valence-corrected chi connectivity index (χ1v) is 11.2. The Bertz CT molecular complexity index is 1060. The first-order chi connectivity index (χ1) is 13.6. The number of rotatable bonds is 6. The minimum Gasteiger partial charge on any atom is -0.354 e. The zero-order valence-corrected chi connectivity index (χ0v) is 16.7. The molecule has 0 unspecified atom stereocenters. The molecule has 0 spiro atoms. The molecule has 3 N–H and O–H groups in total. The molecule has 144 valence electrons. The third-order valence-corrected chi connectivity index (χ3v) is 7.04. The van der Waals surface area contributed by atoms with Crippen LogP contribution < -0.4 is 15.4 Å². The van der Waals surface area contributed by atoms with E-state index in [1.54, 1.807) is 29.6 Å². The van der Waals surface area contributed by atoms with Crippen LogP contribution >= 0.6 is 11.3 Å². The van der Waals surface area contributed by atoms with Crippen LogP contribution in [0.15, 0.2) is 75.2 Å². The fourth-order valence-corrected chi connectivity index (χ4v) is 4.92. The van der Waals surface area contributed by atoms with Crippen LogP contribution in [-0.2, 0) is 16.4 Å². The summed E-state index contributed by atoms with van der Waals surface area (Å²) in [6.45, 7) is 1.68. The summed E-state index contributed by atoms with van der Waals surface area (Å²) in [6.07, 6.45) is 0.775. The molecule has 28 heavy (non-hydrogen) atoms. The molecule has 0 aliphatic carbocycles. The predicted octanol–water partition coefficient (Wildman–Crippen LogP) is 3.51. The Balaban J connectivity index is 1.38. The van der Waals surface area contributed by atoms with E-state index in [1.165, 1.54) is 16.9 Å². The number of sulfonamides is 1. The highest BCUT2D eigenvalue weighted by molar-refractivity contribution is 7.94. The van der Waals surface area contributed by atoms with Crippen LogP contribution in [-0.4, -0.2) is 27.5 Å². The molecule has 1 aliphatic rings. The van der Waals surface area contributed by atoms with Crippen molar-refractivity contribution in [1.29, 1.82) is 0 Å². The van der Waals surface area contributed by atoms with Gasteiger partial charge in [0.1, 0.15) is 4.21 Å². The van der Waals surface area contributed by atoms with Crippen molar-refractivity contribution in [3.05, 3.63) is 77.2 Å². The second-order valence-electron chi connectivity index (χ2n) is 6.39. The van der Waals surface area contributed by atoms with Gasteiger partial charge in [-0.05, 0) is 53.3 Å². The first-order valence-electron chi connectivity index (χ1n) is 8.88. The van der Waals surface area contributed by atoms with Gasteiger partial charge in [0.15, 0.2) is 5.96 Å². The molecule has 2 aromatic carbocycles. The van der Waals surface area contributed by atoms with Gasteiger partial charge in [-0.2, -0.15) is 0 Å². The molecule has 0 radical (unpaired) electrons. The normalized spacial score (nSPS) is 13.6. The number of hydrogen-bond acceptors (Lipinski definition) is 6. The van der Waals surface area contributed by atoms with Gasteiger partial charge >= 0.3 is 0 Å². The monoisotopic (exact) mass is 412 g/mol. The zero-order chi connectivity index (χ0) is 19.4. The quantitative estimate of drug-likeness (QED) is 0.579. The molecule has 0 atom stereocenters. The average Bonchev–Trinajstić information content (AvgIpc) is 3.39. The standard InChI is InChI=1S/C20H20N4O2S2/c25-28(26,19-2-1-13-27-19)24-18-9-5-16(6-10-18)14-15-3-7-17(8-4-15)23-20-21-11-12-22-20/h1-10,13,24H,11-12,14H2,(H2,21,22,23). The smallest absolute Gasteiger partial charge is 0.271 e. The van der Waals surface area contributed by atoms with Gasteiger partial charge in [0.2, 0.25) is 0 Å². The topological polar surface area (TPSA) is 82.6 Å². The Kier molecular flexibility index (Phi) is 5.31. The Hall–Kier alpha value is -2.84. The maximum Gasteiger partial charge on any atom is 0.271 e. The van der Waals surface area contributed by atoms with Gasteiger partial charge in [-0.15, -0.1) is 11.3 Å². The van der Waals surface area contributed by atoms with Crippen LogP contribution in [0.5, 0.6) is 0 Å². The van der Waals surface area contributed by atoms with Gasteiger partial charge in [-0.3, -0.25) is 9.71 Å². The summed E-state index contributed by atoms with van der Waals surface area (Å²) in [5.41, 5.74) is 3.84. The summed E-state index contributed by atoms with van der Waals surface area (Å²) in [5, 5.41) is 8.17. The lowest BCUT2D eigenvalue weighted by molar-refractivity contribution is 0.603. The summed E-state index contributed by atoms with van der Waals surface area (Å²) in [6, 6.07) is 19.0. The van der Waals surface area contributed by atoms with Crippen molar-refractivity contribution in [3.8, 4) is 0 Å². The van der Waals surface area contributed by atoms with E-state index in [0.717, 1.165) is 36.7 Å². The Labute approximate surface area is 168 Å². The number of benzene rings is 2. The summed E-state index contributed by atoms with van der Waals surface area (Å²) in [5.74, 6) is 0.813. The molecule has 2 heterocycles. The van der Waals surface area contributed by atoms with E-state index >= 15 is 0 Å². The summed E-state index contributed by atoms with van der Waals surface area (Å²) in [4.78, 5) is 4.32. The van der Waals surface area contributed by atoms with Crippen LogP contribution in [0.2, 0.25) is 0 Å². The SMILES string of the molecule is O=S(=O)(Nc1ccc(Cc2ccc(NC3=NCCN3)cc2)cc1)c1cccs1. The first kappa shape index (κ1) is 18.5. The molecular formula is C20H20N4O2S2. The van der Waals surface area contributed by atoms with Gasteiger partial charge in [-0.25, -0.2) is 8.42 Å². The van der Waals surface area contributed by atoms with Crippen LogP contribution in [0.25, 0.3) is 0 Å². The second-order valence-corrected chi connectivity index (χ2v) is 9.25. The van der Waals surface area contributed by atoms with Crippen molar-refractivity contribution >= 4 is 38.7 Å². The molecular weight excluding hydrogens is 392 g/mol. The van der Waals surface area contributed by atoms with Crippen molar-refractivity contribution in [2.45, 2.75) is 10.6 Å². The molecule has 0 amide bonds. The van der Waals surface area contributed by atoms with E-state index in [-0.39, 0.29) is 0 Å². The molecule has 8 heteroatoms. The second kappa shape index (κ2) is 8.04. The molecule has 0 fully saturated rings. The number of hydrogen-bond donors (Lipinski definition) is 3. The molecule has 4 rings (SSSR count). The number of nitrogens with zero attached hydrogens (tertiary/aromatic N) is 1. The number of aliphatic imine (C=N–C) groups is 1. The van der Waals surface area contributed by atoms with Gasteiger partial charge in [0.25, 0.3) is 10.0 Å². The third kappa shape index (κ3) is 4.52. The summed E-state index contributed by atoms with van der Waals surface area (Å²) >= 11 is 1.20. The van der Waals surface area contributed by atoms with Gasteiger partial charge in [-0.1, -0.05) is 30.3 Å². The third-order valence-electron chi connectivity index (χ3n) is 4.27. The number of guanidine groups is 1. The Morgan fingerprint density at radius 2 is 1.64 bits per heavy atom. The van der Waals surface area contributed by atoms with Crippen molar-refractivity contribution in [2.75, 3.05) is 23.1 Å². The van der Waals surface area contributed by atoms with E-state index in [4.69, 9.17) is 0 Å². The van der Waals surface area contributed by atoms with Crippen LogP contribution in [0.3, 0.4) is 0 Å². The average molecular weight is 413 g/mol. The number of anilines is 2. The van der Waals surface area contributed by atoms with E-state index in [2.05, 4.69) is 32.5 Å². The minimum atomic E-state index is -3.51. The molecule has 1 aromatic heterocycles. The van der Waals surface area contributed by atoms with E-state index in [9.17, 15) is 8.42 Å². The van der Waals surface area contributed by atoms with E-state index < -0.39 is 10.0 Å². The van der Waals surface area contributed by atoms with Gasteiger partial charge < -0.3 is 10.6 Å². The lowest BCUT2D eigenvalue weighted by atomic mass is 10.0. The van der Waals surface area contributed by atoms with Gasteiger partial charge in [0.05, 0.1) is 6.54 Å². The number of nitrogens with one attached hydrogen (secondary N) is 3. The fourth-order valence-electron chi connectivity index (χ4n) is 2.87. The molecule has 0 saturated heterocycles. The molecule has 1 aliphatic heterocycles. The Morgan fingerprint density at radius 3 is 2.21 bits per heavy atom. The molecule has 0 bridgehead atoms. The van der Waals surface area contributed by atoms with Crippen LogP contribution in [0, 0.1) is 0 Å². The maximum atomic E-state index is 12.3. The lowest BCUT2D eigenvalue weighted by Gasteiger charge is -2.09. The van der Waals surface area contributed by atoms with E-state index in [1.807, 2.05) is 24.3 Å². The van der Waals surface area contributed by atoms with Crippen LogP contribution in [0.4, 0.5) is 11.4 Å². The number of thiophene rings is 1. The Morgan fingerprint density at radius 1 is 0.964 bits per heavy atom. The zero-order valence-electron chi connectivity index (χ0n) is 15.1. The van der Waals surface area contributed by atoms with Crippen molar-refractivity contribution in [3.63, 3.8) is 0 Å². The van der Waals surface area contributed by atoms with Crippen molar-refractivity contribution in [2.24, 2.45) is 4.99 Å². The minimum absolute atomic E-state index is 0.309. The van der Waals surface area contributed by atoms with Gasteiger partial charge in [0, 0.05) is 17.9 Å².